The van der Waals surface area contributed by atoms with E-state index in [1.807, 2.05) is 56.3 Å². The summed E-state index contributed by atoms with van der Waals surface area (Å²) in [5, 5.41) is 4.76. The zero-order valence-electron chi connectivity index (χ0n) is 25.3. The topological polar surface area (TPSA) is 113 Å². The lowest BCUT2D eigenvalue weighted by atomic mass is 10.2. The van der Waals surface area contributed by atoms with Crippen molar-refractivity contribution in [2.45, 2.75) is 64.3 Å². The Balaban J connectivity index is 1.79. The average Bonchev–Trinajstić information content (AvgIpc) is 3.28. The fraction of sp³-hybridized carbons (Fsp3) is 0.452. The van der Waals surface area contributed by atoms with Gasteiger partial charge in [0.25, 0.3) is 5.56 Å². The zero-order valence-corrected chi connectivity index (χ0v) is 26.1. The number of aromatic nitrogens is 4. The number of ether oxygens (including phenoxy) is 1. The summed E-state index contributed by atoms with van der Waals surface area (Å²) in [5.74, 6) is 1.37. The average molecular weight is 595 g/mol. The van der Waals surface area contributed by atoms with Crippen LogP contribution in [-0.4, -0.2) is 71.0 Å². The molecule has 11 heteroatoms. The molecule has 0 amide bonds. The molecule has 2 aromatic heterocycles. The molecule has 0 aliphatic heterocycles. The summed E-state index contributed by atoms with van der Waals surface area (Å²) in [6.45, 7) is 7.50. The molecule has 226 valence electrons. The Bertz CT molecular complexity index is 1650. The maximum Gasteiger partial charge on any atom is 0.277 e. The quantitative estimate of drug-likeness (QED) is 0.199. The molecule has 0 unspecified atom stereocenters. The number of fused-ring (bicyclic) bond motifs is 1. The Morgan fingerprint density at radius 1 is 1.00 bits per heavy atom. The predicted octanol–water partition coefficient (Wildman–Crippen LogP) is 4.67. The van der Waals surface area contributed by atoms with Gasteiger partial charge in [-0.05, 0) is 71.1 Å². The van der Waals surface area contributed by atoms with E-state index in [1.54, 1.807) is 29.6 Å². The first kappa shape index (κ1) is 31.4. The summed E-state index contributed by atoms with van der Waals surface area (Å²) >= 11 is 0. The number of imidazole rings is 1. The van der Waals surface area contributed by atoms with Gasteiger partial charge in [-0.15, -0.1) is 5.10 Å². The first-order chi connectivity index (χ1) is 20.1. The monoisotopic (exact) mass is 594 g/mol. The molecule has 10 nitrogen and oxygen atoms in total. The van der Waals surface area contributed by atoms with Crippen LogP contribution in [0.4, 0.5) is 0 Å². The van der Waals surface area contributed by atoms with Gasteiger partial charge in [-0.1, -0.05) is 50.1 Å². The summed E-state index contributed by atoms with van der Waals surface area (Å²) < 4.78 is 37.2. The van der Waals surface area contributed by atoms with Crippen LogP contribution >= 0.6 is 0 Å². The standard InChI is InChI=1S/C31H42N6O4S/c1-6-8-10-16-28-32-23(3)29-31(38)33-30(34-37(28)29)26-21-25(17-18-27(26)41-7-2)42(39,40)36(20-13-19-35(4)5)22-24-14-11-9-12-15-24/h9,11-12,14-15,17-18,21H,6-8,10,13,16,19-20,22H2,1-5H3,(H,33,34,38). The molecule has 0 radical (unpaired) electrons. The maximum absolute atomic E-state index is 14.1. The third-order valence-corrected chi connectivity index (χ3v) is 8.95. The van der Waals surface area contributed by atoms with E-state index in [1.165, 1.54) is 4.31 Å². The number of aryl methyl sites for hydroxylation is 2. The SMILES string of the molecule is CCCCCc1nc(C)c2c(=O)[nH]c(-c3cc(S(=O)(=O)N(CCCN(C)C)Cc4ccccc4)ccc3OCC)nn12. The molecule has 2 aromatic carbocycles. The number of H-pyrrole nitrogens is 1. The van der Waals surface area contributed by atoms with Crippen molar-refractivity contribution in [3.8, 4) is 17.1 Å². The van der Waals surface area contributed by atoms with Crippen molar-refractivity contribution in [1.29, 1.82) is 0 Å². The zero-order chi connectivity index (χ0) is 30.3. The molecule has 0 bridgehead atoms. The van der Waals surface area contributed by atoms with Crippen LogP contribution in [-0.2, 0) is 23.0 Å². The highest BCUT2D eigenvalue weighted by molar-refractivity contribution is 7.89. The minimum absolute atomic E-state index is 0.106. The third-order valence-electron chi connectivity index (χ3n) is 7.11. The van der Waals surface area contributed by atoms with Gasteiger partial charge in [0.2, 0.25) is 10.0 Å². The molecule has 4 rings (SSSR count). The number of hydrogen-bond acceptors (Lipinski definition) is 7. The Morgan fingerprint density at radius 3 is 2.45 bits per heavy atom. The second-order valence-corrected chi connectivity index (χ2v) is 12.6. The van der Waals surface area contributed by atoms with Crippen molar-refractivity contribution in [3.63, 3.8) is 0 Å². The van der Waals surface area contributed by atoms with Gasteiger partial charge in [-0.25, -0.2) is 17.9 Å². The number of sulfonamides is 1. The van der Waals surface area contributed by atoms with Gasteiger partial charge < -0.3 is 14.6 Å². The molecule has 0 spiro atoms. The van der Waals surface area contributed by atoms with E-state index in [9.17, 15) is 13.2 Å². The van der Waals surface area contributed by atoms with Gasteiger partial charge >= 0.3 is 0 Å². The van der Waals surface area contributed by atoms with Crippen LogP contribution in [0.2, 0.25) is 0 Å². The van der Waals surface area contributed by atoms with Crippen LogP contribution in [0.25, 0.3) is 16.9 Å². The summed E-state index contributed by atoms with van der Waals surface area (Å²) in [6.07, 6.45) is 4.41. The molecule has 2 heterocycles. The number of hydrogen-bond donors (Lipinski definition) is 1. The van der Waals surface area contributed by atoms with Crippen LogP contribution in [0.5, 0.6) is 5.75 Å². The Hall–Kier alpha value is -3.54. The third kappa shape index (κ3) is 7.26. The largest absolute Gasteiger partial charge is 0.493 e. The number of nitrogens with zero attached hydrogens (tertiary/aromatic N) is 5. The van der Waals surface area contributed by atoms with E-state index < -0.39 is 10.0 Å². The molecular formula is C31H42N6O4S. The molecule has 0 atom stereocenters. The van der Waals surface area contributed by atoms with Gasteiger partial charge in [0.15, 0.2) is 11.3 Å². The number of benzene rings is 2. The van der Waals surface area contributed by atoms with Crippen LogP contribution in [0.15, 0.2) is 58.2 Å². The van der Waals surface area contributed by atoms with Gasteiger partial charge in [-0.2, -0.15) is 4.31 Å². The number of rotatable bonds is 15. The fourth-order valence-electron chi connectivity index (χ4n) is 4.97. The smallest absolute Gasteiger partial charge is 0.277 e. The Kier molecular flexibility index (Phi) is 10.5. The van der Waals surface area contributed by atoms with E-state index in [-0.39, 0.29) is 22.8 Å². The minimum atomic E-state index is -3.91. The van der Waals surface area contributed by atoms with Gasteiger partial charge in [0, 0.05) is 19.5 Å². The van der Waals surface area contributed by atoms with E-state index in [2.05, 4.69) is 16.9 Å². The van der Waals surface area contributed by atoms with E-state index >= 15 is 0 Å². The van der Waals surface area contributed by atoms with E-state index in [0.29, 0.717) is 54.3 Å². The van der Waals surface area contributed by atoms with Crippen LogP contribution in [0, 0.1) is 6.92 Å². The van der Waals surface area contributed by atoms with Crippen molar-refractivity contribution in [2.75, 3.05) is 33.8 Å². The molecule has 0 aliphatic carbocycles. The lowest BCUT2D eigenvalue weighted by Crippen LogP contribution is -2.33. The molecular weight excluding hydrogens is 552 g/mol. The van der Waals surface area contributed by atoms with Gasteiger partial charge in [0.05, 0.1) is 22.8 Å². The molecule has 42 heavy (non-hydrogen) atoms. The first-order valence-corrected chi connectivity index (χ1v) is 16.0. The Morgan fingerprint density at radius 2 is 1.76 bits per heavy atom. The summed E-state index contributed by atoms with van der Waals surface area (Å²) in [6, 6.07) is 14.3. The van der Waals surface area contributed by atoms with Crippen molar-refractivity contribution < 1.29 is 13.2 Å². The summed E-state index contributed by atoms with van der Waals surface area (Å²) in [7, 11) is 0.0265. The summed E-state index contributed by atoms with van der Waals surface area (Å²) in [5.41, 5.74) is 1.96. The molecule has 0 saturated carbocycles. The highest BCUT2D eigenvalue weighted by Gasteiger charge is 2.27. The van der Waals surface area contributed by atoms with Crippen molar-refractivity contribution in [2.24, 2.45) is 0 Å². The number of unbranched alkanes of at least 4 members (excludes halogenated alkanes) is 2. The minimum Gasteiger partial charge on any atom is -0.493 e. The molecule has 1 N–H and O–H groups in total. The molecule has 0 saturated heterocycles. The normalized spacial score (nSPS) is 12.1. The van der Waals surface area contributed by atoms with Crippen molar-refractivity contribution >= 4 is 15.5 Å². The number of nitrogens with one attached hydrogen (secondary N) is 1. The van der Waals surface area contributed by atoms with Crippen molar-refractivity contribution in [3.05, 3.63) is 76.0 Å². The molecule has 0 fully saturated rings. The van der Waals surface area contributed by atoms with E-state index in [4.69, 9.17) is 9.84 Å². The van der Waals surface area contributed by atoms with Gasteiger partial charge in [0.1, 0.15) is 11.6 Å². The van der Waals surface area contributed by atoms with Crippen LogP contribution in [0.1, 0.15) is 56.6 Å². The van der Waals surface area contributed by atoms with Gasteiger partial charge in [-0.3, -0.25) is 4.79 Å². The maximum atomic E-state index is 14.1. The second kappa shape index (κ2) is 14.1. The highest BCUT2D eigenvalue weighted by Crippen LogP contribution is 2.32. The Labute approximate surface area is 248 Å². The van der Waals surface area contributed by atoms with Crippen LogP contribution in [0.3, 0.4) is 0 Å². The lowest BCUT2D eigenvalue weighted by Gasteiger charge is -2.24. The van der Waals surface area contributed by atoms with Crippen molar-refractivity contribution in [1.82, 2.24) is 28.8 Å². The molecule has 4 aromatic rings. The summed E-state index contributed by atoms with van der Waals surface area (Å²) in [4.78, 5) is 22.9. The predicted molar refractivity (Wildman–Crippen MR) is 165 cm³/mol. The van der Waals surface area contributed by atoms with E-state index in [0.717, 1.165) is 31.4 Å². The number of aromatic amines is 1. The molecule has 0 aliphatic rings. The first-order valence-electron chi connectivity index (χ1n) is 14.6. The highest BCUT2D eigenvalue weighted by atomic mass is 32.2. The fourth-order valence-corrected chi connectivity index (χ4v) is 6.47. The van der Waals surface area contributed by atoms with Crippen LogP contribution < -0.4 is 10.3 Å². The lowest BCUT2D eigenvalue weighted by molar-refractivity contribution is 0.340. The second-order valence-electron chi connectivity index (χ2n) is 10.7.